The number of hydrogen-bond acceptors (Lipinski definition) is 2. The molecule has 0 saturated heterocycles. The van der Waals surface area contributed by atoms with E-state index in [1.807, 2.05) is 12.1 Å². The molecule has 0 aliphatic rings. The maximum absolute atomic E-state index is 13.1. The third-order valence-electron chi connectivity index (χ3n) is 7.16. The van der Waals surface area contributed by atoms with Gasteiger partial charge in [0.2, 0.25) is 0 Å². The van der Waals surface area contributed by atoms with Gasteiger partial charge >= 0.3 is 13.3 Å². The number of halogens is 15. The minimum atomic E-state index is -4.56. The van der Waals surface area contributed by atoms with Crippen molar-refractivity contribution in [2.45, 2.75) is 13.6 Å². The fourth-order valence-electron chi connectivity index (χ4n) is 4.27. The van der Waals surface area contributed by atoms with Gasteiger partial charge in [0.25, 0.3) is 0 Å². The van der Waals surface area contributed by atoms with Crippen molar-refractivity contribution in [3.8, 4) is 22.3 Å². The summed E-state index contributed by atoms with van der Waals surface area (Å²) < 4.78 is 155. The second-order valence-corrected chi connectivity index (χ2v) is 14.3. The third-order valence-corrected chi connectivity index (χ3v) is 8.94. The number of allylic oxidation sites excluding steroid dienone is 1. The van der Waals surface area contributed by atoms with Gasteiger partial charge in [0.1, 0.15) is 0 Å². The molecule has 0 spiro atoms. The first-order valence-electron chi connectivity index (χ1n) is 15.4. The van der Waals surface area contributed by atoms with Crippen molar-refractivity contribution in [1.82, 2.24) is 0 Å². The summed E-state index contributed by atoms with van der Waals surface area (Å²) in [6, 6.07) is 24.3. The van der Waals surface area contributed by atoms with E-state index in [-0.39, 0.29) is 44.5 Å². The first-order valence-corrected chi connectivity index (χ1v) is 18.1. The molecule has 0 atom stereocenters. The molecule has 0 unspecified atom stereocenters. The maximum atomic E-state index is 13.1. The van der Waals surface area contributed by atoms with Gasteiger partial charge in [-0.05, 0) is 129 Å². The summed E-state index contributed by atoms with van der Waals surface area (Å²) in [6.07, 6.45) is -4.56. The summed E-state index contributed by atoms with van der Waals surface area (Å²) in [5.74, 6) is -12.7. The summed E-state index contributed by atoms with van der Waals surface area (Å²) in [4.78, 5) is 0. The molecule has 0 aliphatic carbocycles. The number of rotatable bonds is 4. The van der Waals surface area contributed by atoms with E-state index in [9.17, 15) is 52.7 Å². The molecule has 2 nitrogen and oxygen atoms in total. The van der Waals surface area contributed by atoms with Crippen molar-refractivity contribution in [3.05, 3.63) is 186 Å². The van der Waals surface area contributed by atoms with Gasteiger partial charge in [-0.3, -0.25) is 0 Å². The normalized spacial score (nSPS) is 10.3. The van der Waals surface area contributed by atoms with Crippen LogP contribution < -0.4 is 5.46 Å². The van der Waals surface area contributed by atoms with Crippen LogP contribution in [0.3, 0.4) is 0 Å². The quantitative estimate of drug-likeness (QED) is 0.0799. The van der Waals surface area contributed by atoms with Gasteiger partial charge < -0.3 is 10.0 Å². The van der Waals surface area contributed by atoms with Crippen LogP contribution in [0.25, 0.3) is 27.8 Å². The number of alkyl halides is 3. The number of hydrogen-bond donors (Lipinski definition) is 2. The molecule has 0 aromatic heterocycles. The zero-order chi connectivity index (χ0) is 42.8. The number of benzene rings is 6. The molecule has 59 heavy (non-hydrogen) atoms. The van der Waals surface area contributed by atoms with Crippen LogP contribution in [0.2, 0.25) is 0 Å². The molecule has 0 saturated carbocycles. The Labute approximate surface area is 375 Å². The van der Waals surface area contributed by atoms with Crippen molar-refractivity contribution in [1.29, 1.82) is 0 Å². The van der Waals surface area contributed by atoms with E-state index >= 15 is 0 Å². The molecule has 0 fully saturated rings. The van der Waals surface area contributed by atoms with Crippen molar-refractivity contribution < 1.29 is 83.2 Å². The Hall–Kier alpha value is -3.44. The van der Waals surface area contributed by atoms with Gasteiger partial charge in [0.15, 0.2) is 52.4 Å². The van der Waals surface area contributed by atoms with Gasteiger partial charge in [-0.15, -0.1) is 0 Å². The summed E-state index contributed by atoms with van der Waals surface area (Å²) in [5.41, 5.74) is -0.391. The predicted octanol–water partition coefficient (Wildman–Crippen LogP) is 13.4. The van der Waals surface area contributed by atoms with E-state index in [4.69, 9.17) is 10.0 Å². The van der Waals surface area contributed by atoms with E-state index in [2.05, 4.69) is 73.2 Å². The molecule has 0 heterocycles. The van der Waals surface area contributed by atoms with Crippen LogP contribution in [0, 0.1) is 55.9 Å². The van der Waals surface area contributed by atoms with Crippen LogP contribution in [-0.4, -0.2) is 23.3 Å². The predicted molar refractivity (Wildman–Crippen MR) is 216 cm³/mol. The molecule has 0 bridgehead atoms. The third kappa shape index (κ3) is 16.2. The van der Waals surface area contributed by atoms with Crippen molar-refractivity contribution in [3.63, 3.8) is 0 Å². The summed E-state index contributed by atoms with van der Waals surface area (Å²) >= 11 is 8.87. The molecule has 6 aromatic rings. The van der Waals surface area contributed by atoms with Crippen LogP contribution in [0.4, 0.5) is 52.7 Å². The summed E-state index contributed by atoms with van der Waals surface area (Å²) in [6.45, 7) is 2.94. The fraction of sp³-hybridized carbons (Fsp3) is 0.0500. The molecule has 0 radical (unpaired) electrons. The summed E-state index contributed by atoms with van der Waals surface area (Å²) in [7, 11) is -2.00. The average Bonchev–Trinajstić information content (AvgIpc) is 3.16. The van der Waals surface area contributed by atoms with E-state index in [1.54, 1.807) is 24.3 Å². The van der Waals surface area contributed by atoms with Crippen molar-refractivity contribution in [2.24, 2.45) is 0 Å². The molecule has 19 heteroatoms. The Bertz CT molecular complexity index is 2230. The van der Waals surface area contributed by atoms with E-state index < -0.39 is 76.7 Å². The smallest absolute Gasteiger partial charge is 0.423 e. The van der Waals surface area contributed by atoms with Crippen LogP contribution in [0.15, 0.2) is 125 Å². The Kier molecular flexibility index (Phi) is 21.9. The van der Waals surface area contributed by atoms with E-state index in [1.165, 1.54) is 15.7 Å². The first-order chi connectivity index (χ1) is 26.6. The van der Waals surface area contributed by atoms with Gasteiger partial charge in [0, 0.05) is 32.9 Å². The maximum Gasteiger partial charge on any atom is 0.488 e. The Morgan fingerprint density at radius 3 is 1.08 bits per heavy atom. The molecule has 0 amide bonds. The van der Waals surface area contributed by atoms with Crippen molar-refractivity contribution >= 4 is 72.6 Å². The van der Waals surface area contributed by atoms with Crippen LogP contribution in [0.5, 0.6) is 0 Å². The van der Waals surface area contributed by atoms with Crippen LogP contribution >= 0.6 is 54.5 Å². The van der Waals surface area contributed by atoms with Crippen LogP contribution in [-0.2, 0) is 20.4 Å². The van der Waals surface area contributed by atoms with Crippen LogP contribution in [0.1, 0.15) is 13.0 Å². The standard InChI is InChI=1S/C15H8F6.C12H6BrF3.C6H4BF3O2.C6H4BrI.CH4.Pd/c1-8(15(19,20)21)9-2-4-10(5-3-9)11-6-12(16)14(18)13(17)7-11;13-9-3-1-7(2-4-9)8-5-10(14)12(16)11(15)6-8;8-4-1-3(7(11)12)2-5(9)6(4)10;7-5-1-3-6(8)4-2-5;;/h2-7H,1H2;1-6H;1-2,11-12H;1-4H;1H4;. The van der Waals surface area contributed by atoms with Gasteiger partial charge in [0.05, 0.1) is 5.57 Å². The topological polar surface area (TPSA) is 40.5 Å². The largest absolute Gasteiger partial charge is 0.488 e. The Morgan fingerprint density at radius 1 is 0.508 bits per heavy atom. The van der Waals surface area contributed by atoms with Gasteiger partial charge in [-0.1, -0.05) is 82.3 Å². The average molecular weight is 1170 g/mol. The zero-order valence-corrected chi connectivity index (χ0v) is 35.4. The first kappa shape index (κ1) is 53.6. The van der Waals surface area contributed by atoms with E-state index in [0.717, 1.165) is 45.3 Å². The molecule has 2 N–H and O–H groups in total. The zero-order valence-electron chi connectivity index (χ0n) is 28.6. The minimum absolute atomic E-state index is 0. The monoisotopic (exact) mass is 1170 g/mol. The Balaban J connectivity index is 0.000000409. The fourth-order valence-corrected chi connectivity index (χ4v) is 5.16. The van der Waals surface area contributed by atoms with Gasteiger partial charge in [-0.25, -0.2) is 39.5 Å². The molecule has 6 rings (SSSR count). The molecular formula is C40H26BBr2F12IO2Pd. The Morgan fingerprint density at radius 2 is 0.797 bits per heavy atom. The molecule has 316 valence electrons. The molecular weight excluding hydrogens is 1140 g/mol. The SMILES string of the molecule is Brc1ccc(I)cc1.C.C=C(c1ccc(-c2cc(F)c(F)c(F)c2)cc1)C(F)(F)F.Fc1cc(-c2ccc(Br)cc2)cc(F)c1F.OB(O)c1cc(F)c(F)c(F)c1.[Pd]. The molecule has 6 aromatic carbocycles. The molecule has 0 aliphatic heterocycles. The van der Waals surface area contributed by atoms with E-state index in [0.29, 0.717) is 23.3 Å². The second-order valence-electron chi connectivity index (χ2n) is 11.2. The van der Waals surface area contributed by atoms with Gasteiger partial charge in [-0.2, -0.15) is 13.2 Å². The van der Waals surface area contributed by atoms with Crippen molar-refractivity contribution in [2.75, 3.05) is 0 Å². The minimum Gasteiger partial charge on any atom is -0.423 e. The second kappa shape index (κ2) is 24.1. The summed E-state index contributed by atoms with van der Waals surface area (Å²) in [5, 5.41) is 16.9.